The van der Waals surface area contributed by atoms with Gasteiger partial charge in [-0.3, -0.25) is 4.79 Å². The van der Waals surface area contributed by atoms with Crippen molar-refractivity contribution in [3.63, 3.8) is 0 Å². The first-order valence-electron chi connectivity index (χ1n) is 7.25. The lowest BCUT2D eigenvalue weighted by atomic mass is 10.2. The van der Waals surface area contributed by atoms with Gasteiger partial charge < -0.3 is 15.2 Å². The number of carbonyl (C=O) groups is 1. The molecule has 0 fully saturated rings. The van der Waals surface area contributed by atoms with Crippen LogP contribution in [0.5, 0.6) is 5.75 Å². The van der Waals surface area contributed by atoms with Crippen molar-refractivity contribution in [2.24, 2.45) is 0 Å². The zero-order valence-electron chi connectivity index (χ0n) is 12.7. The lowest BCUT2D eigenvalue weighted by molar-refractivity contribution is 0.0920. The van der Waals surface area contributed by atoms with Crippen LogP contribution in [0.25, 0.3) is 10.6 Å². The molecule has 0 saturated carbocycles. The highest BCUT2D eigenvalue weighted by atomic mass is 32.1. The molecule has 1 amide bonds. The van der Waals surface area contributed by atoms with E-state index in [1.165, 1.54) is 11.3 Å². The van der Waals surface area contributed by atoms with Crippen LogP contribution in [0, 0.1) is 0 Å². The molecule has 1 atom stereocenters. The maximum atomic E-state index is 11.9. The molecule has 1 aromatic heterocycles. The monoisotopic (exact) mass is 320 g/mol. The number of nitrogens with zero attached hydrogens (tertiary/aromatic N) is 1. The zero-order valence-corrected chi connectivity index (χ0v) is 13.5. The van der Waals surface area contributed by atoms with Crippen molar-refractivity contribution < 1.29 is 14.6 Å². The standard InChI is InChI=1S/C16H20N2O3S/c1-3-8-21-13-6-4-12(5-7-13)16-18-14(10-22-16)15(20)17-9-11(2)19/h4-7,10-11,19H,3,8-9H2,1-2H3,(H,17,20). The lowest BCUT2D eigenvalue weighted by Gasteiger charge is -2.05. The minimum atomic E-state index is -0.572. The van der Waals surface area contributed by atoms with Gasteiger partial charge in [0.1, 0.15) is 16.5 Å². The Morgan fingerprint density at radius 1 is 1.41 bits per heavy atom. The summed E-state index contributed by atoms with van der Waals surface area (Å²) < 4.78 is 5.54. The number of rotatable bonds is 7. The zero-order chi connectivity index (χ0) is 15.9. The predicted octanol–water partition coefficient (Wildman–Crippen LogP) is 2.71. The molecule has 0 radical (unpaired) electrons. The number of benzene rings is 1. The number of thiazole rings is 1. The van der Waals surface area contributed by atoms with Gasteiger partial charge in [-0.25, -0.2) is 4.98 Å². The van der Waals surface area contributed by atoms with E-state index in [-0.39, 0.29) is 12.5 Å². The van der Waals surface area contributed by atoms with Crippen LogP contribution in [-0.4, -0.2) is 35.3 Å². The summed E-state index contributed by atoms with van der Waals surface area (Å²) in [5, 5.41) is 14.3. The van der Waals surface area contributed by atoms with Gasteiger partial charge in [0, 0.05) is 17.5 Å². The molecular weight excluding hydrogens is 300 g/mol. The van der Waals surface area contributed by atoms with E-state index in [0.29, 0.717) is 12.3 Å². The Bertz CT molecular complexity index is 608. The summed E-state index contributed by atoms with van der Waals surface area (Å²) in [4.78, 5) is 16.2. The van der Waals surface area contributed by atoms with Crippen molar-refractivity contribution in [2.45, 2.75) is 26.4 Å². The lowest BCUT2D eigenvalue weighted by Crippen LogP contribution is -2.30. The summed E-state index contributed by atoms with van der Waals surface area (Å²) in [6.07, 6.45) is 0.400. The molecule has 1 heterocycles. The molecule has 0 spiro atoms. The average Bonchev–Trinajstić information content (AvgIpc) is 3.01. The molecule has 1 aromatic carbocycles. The third kappa shape index (κ3) is 4.54. The first-order valence-corrected chi connectivity index (χ1v) is 8.13. The second kappa shape index (κ2) is 7.91. The number of aliphatic hydroxyl groups excluding tert-OH is 1. The van der Waals surface area contributed by atoms with Gasteiger partial charge in [-0.2, -0.15) is 0 Å². The highest BCUT2D eigenvalue weighted by molar-refractivity contribution is 7.13. The molecular formula is C16H20N2O3S. The maximum Gasteiger partial charge on any atom is 0.270 e. The van der Waals surface area contributed by atoms with Crippen molar-refractivity contribution >= 4 is 17.2 Å². The van der Waals surface area contributed by atoms with E-state index < -0.39 is 6.10 Å². The summed E-state index contributed by atoms with van der Waals surface area (Å²) >= 11 is 1.41. The molecule has 0 aliphatic heterocycles. The summed E-state index contributed by atoms with van der Waals surface area (Å²) in [7, 11) is 0. The molecule has 22 heavy (non-hydrogen) atoms. The van der Waals surface area contributed by atoms with Crippen molar-refractivity contribution in [1.29, 1.82) is 0 Å². The van der Waals surface area contributed by atoms with E-state index in [2.05, 4.69) is 17.2 Å². The number of aromatic nitrogens is 1. The normalized spacial score (nSPS) is 12.0. The highest BCUT2D eigenvalue weighted by Gasteiger charge is 2.12. The van der Waals surface area contributed by atoms with Crippen LogP contribution in [0.1, 0.15) is 30.8 Å². The molecule has 2 rings (SSSR count). The predicted molar refractivity (Wildman–Crippen MR) is 87.4 cm³/mol. The Labute approximate surface area is 134 Å². The Balaban J connectivity index is 2.02. The molecule has 0 saturated heterocycles. The Morgan fingerprint density at radius 2 is 2.14 bits per heavy atom. The van der Waals surface area contributed by atoms with Crippen LogP contribution in [0.4, 0.5) is 0 Å². The maximum absolute atomic E-state index is 11.9. The van der Waals surface area contributed by atoms with Gasteiger partial charge >= 0.3 is 0 Å². The largest absolute Gasteiger partial charge is 0.494 e. The van der Waals surface area contributed by atoms with Gasteiger partial charge in [-0.1, -0.05) is 6.92 Å². The molecule has 0 bridgehead atoms. The molecule has 1 unspecified atom stereocenters. The van der Waals surface area contributed by atoms with Gasteiger partial charge in [-0.05, 0) is 37.6 Å². The minimum absolute atomic E-state index is 0.217. The van der Waals surface area contributed by atoms with E-state index >= 15 is 0 Å². The SMILES string of the molecule is CCCOc1ccc(-c2nc(C(=O)NCC(C)O)cs2)cc1. The number of hydrogen-bond acceptors (Lipinski definition) is 5. The van der Waals surface area contributed by atoms with Gasteiger partial charge in [-0.15, -0.1) is 11.3 Å². The second-order valence-electron chi connectivity index (χ2n) is 4.97. The molecule has 6 heteroatoms. The van der Waals surface area contributed by atoms with Crippen LogP contribution in [0.2, 0.25) is 0 Å². The molecule has 2 N–H and O–H groups in total. The van der Waals surface area contributed by atoms with Crippen LogP contribution in [-0.2, 0) is 0 Å². The van der Waals surface area contributed by atoms with Gasteiger partial charge in [0.2, 0.25) is 0 Å². The first kappa shape index (κ1) is 16.5. The number of amides is 1. The van der Waals surface area contributed by atoms with E-state index in [4.69, 9.17) is 4.74 Å². The fraction of sp³-hybridized carbons (Fsp3) is 0.375. The van der Waals surface area contributed by atoms with E-state index in [1.807, 2.05) is 24.3 Å². The number of ether oxygens (including phenoxy) is 1. The molecule has 5 nitrogen and oxygen atoms in total. The number of nitrogens with one attached hydrogen (secondary N) is 1. The van der Waals surface area contributed by atoms with Crippen molar-refractivity contribution in [2.75, 3.05) is 13.2 Å². The molecule has 2 aromatic rings. The highest BCUT2D eigenvalue weighted by Crippen LogP contribution is 2.25. The van der Waals surface area contributed by atoms with Crippen LogP contribution in [0.15, 0.2) is 29.6 Å². The smallest absolute Gasteiger partial charge is 0.270 e. The van der Waals surface area contributed by atoms with Crippen LogP contribution >= 0.6 is 11.3 Å². The van der Waals surface area contributed by atoms with Crippen molar-refractivity contribution in [3.8, 4) is 16.3 Å². The summed E-state index contributed by atoms with van der Waals surface area (Å²) in [5.41, 5.74) is 1.32. The van der Waals surface area contributed by atoms with E-state index in [0.717, 1.165) is 22.7 Å². The molecule has 0 aliphatic rings. The third-order valence-electron chi connectivity index (χ3n) is 2.87. The van der Waals surface area contributed by atoms with Gasteiger partial charge in [0.25, 0.3) is 5.91 Å². The van der Waals surface area contributed by atoms with Crippen molar-refractivity contribution in [1.82, 2.24) is 10.3 Å². The van der Waals surface area contributed by atoms with E-state index in [9.17, 15) is 9.90 Å². The summed E-state index contributed by atoms with van der Waals surface area (Å²) in [6.45, 7) is 4.60. The Hall–Kier alpha value is -1.92. The summed E-state index contributed by atoms with van der Waals surface area (Å²) in [5.74, 6) is 0.559. The van der Waals surface area contributed by atoms with E-state index in [1.54, 1.807) is 12.3 Å². The Morgan fingerprint density at radius 3 is 2.77 bits per heavy atom. The second-order valence-corrected chi connectivity index (χ2v) is 5.83. The van der Waals surface area contributed by atoms with Crippen molar-refractivity contribution in [3.05, 3.63) is 35.3 Å². The van der Waals surface area contributed by atoms with Gasteiger partial charge in [0.05, 0.1) is 12.7 Å². The average molecular weight is 320 g/mol. The fourth-order valence-corrected chi connectivity index (χ4v) is 2.56. The fourth-order valence-electron chi connectivity index (χ4n) is 1.76. The summed E-state index contributed by atoms with van der Waals surface area (Å²) in [6, 6.07) is 7.67. The third-order valence-corrected chi connectivity index (χ3v) is 3.76. The molecule has 118 valence electrons. The first-order chi connectivity index (χ1) is 10.6. The van der Waals surface area contributed by atoms with Crippen LogP contribution in [0.3, 0.4) is 0 Å². The Kier molecular flexibility index (Phi) is 5.91. The number of hydrogen-bond donors (Lipinski definition) is 2. The van der Waals surface area contributed by atoms with Gasteiger partial charge in [0.15, 0.2) is 0 Å². The molecule has 0 aliphatic carbocycles. The minimum Gasteiger partial charge on any atom is -0.494 e. The quantitative estimate of drug-likeness (QED) is 0.823. The topological polar surface area (TPSA) is 71.5 Å². The number of carbonyl (C=O) groups excluding carboxylic acids is 1. The van der Waals surface area contributed by atoms with Crippen LogP contribution < -0.4 is 10.1 Å². The number of aliphatic hydroxyl groups is 1.